The lowest BCUT2D eigenvalue weighted by atomic mass is 10.4. The van der Waals surface area contributed by atoms with E-state index in [-0.39, 0.29) is 6.61 Å². The van der Waals surface area contributed by atoms with Gasteiger partial charge in [0.05, 0.1) is 0 Å². The van der Waals surface area contributed by atoms with Crippen LogP contribution in [0.25, 0.3) is 0 Å². The maximum atomic E-state index is 8.88. The molecule has 0 radical (unpaired) electrons. The summed E-state index contributed by atoms with van der Waals surface area (Å²) < 4.78 is 11.2. The number of aliphatic hydroxyl groups excluding tert-OH is 1. The molecule has 0 aliphatic carbocycles. The molecule has 0 amide bonds. The summed E-state index contributed by atoms with van der Waals surface area (Å²) in [6.07, 6.45) is 0.711. The minimum atomic E-state index is -2.30. The molecule has 0 fully saturated rings. The number of rotatable bonds is 6. The molecule has 3 nitrogen and oxygen atoms in total. The molecule has 0 atom stereocenters. The van der Waals surface area contributed by atoms with Gasteiger partial charge in [0.15, 0.2) is 0 Å². The molecule has 0 aliphatic rings. The van der Waals surface area contributed by atoms with Gasteiger partial charge in [-0.25, -0.2) is 0 Å². The van der Waals surface area contributed by atoms with E-state index in [1.165, 1.54) is 0 Å². The molecule has 0 bridgehead atoms. The maximum Gasteiger partial charge on any atom is 0.372 e. The molecule has 1 N–H and O–H groups in total. The van der Waals surface area contributed by atoms with Crippen LogP contribution >= 0.6 is 0 Å². The van der Waals surface area contributed by atoms with E-state index in [0.717, 1.165) is 11.2 Å². The van der Waals surface area contributed by atoms with Gasteiger partial charge in [0.1, 0.15) is 0 Å². The molecule has 4 heteroatoms. The Bertz CT molecular complexity index is 272. The summed E-state index contributed by atoms with van der Waals surface area (Å²) in [6.45, 7) is 0.175. The van der Waals surface area contributed by atoms with Crippen molar-refractivity contribution in [2.45, 2.75) is 12.5 Å². The van der Waals surface area contributed by atoms with E-state index in [0.29, 0.717) is 6.42 Å². The van der Waals surface area contributed by atoms with Crippen LogP contribution in [0.2, 0.25) is 6.04 Å². The van der Waals surface area contributed by atoms with Crippen molar-refractivity contribution >= 4 is 13.7 Å². The molecular formula is C11H18O3Si. The van der Waals surface area contributed by atoms with Crippen molar-refractivity contribution in [3.63, 3.8) is 0 Å². The molecule has 0 spiro atoms. The van der Waals surface area contributed by atoms with Crippen LogP contribution in [0.15, 0.2) is 30.3 Å². The second-order valence-corrected chi connectivity index (χ2v) is 6.75. The minimum absolute atomic E-state index is 0.175. The van der Waals surface area contributed by atoms with Gasteiger partial charge < -0.3 is 14.0 Å². The van der Waals surface area contributed by atoms with Crippen LogP contribution in [0.3, 0.4) is 0 Å². The van der Waals surface area contributed by atoms with Gasteiger partial charge in [0, 0.05) is 20.8 Å². The Hall–Kier alpha value is -0.683. The van der Waals surface area contributed by atoms with Crippen molar-refractivity contribution in [2.75, 3.05) is 20.8 Å². The first-order valence-electron chi connectivity index (χ1n) is 5.06. The first-order valence-corrected chi connectivity index (χ1v) is 7.08. The molecule has 0 saturated carbocycles. The Labute approximate surface area is 91.9 Å². The van der Waals surface area contributed by atoms with Crippen molar-refractivity contribution in [1.82, 2.24) is 0 Å². The molecule has 0 aromatic heterocycles. The molecular weight excluding hydrogens is 208 g/mol. The van der Waals surface area contributed by atoms with Gasteiger partial charge >= 0.3 is 8.56 Å². The summed E-state index contributed by atoms with van der Waals surface area (Å²) in [7, 11) is 1.06. The first kappa shape index (κ1) is 12.4. The van der Waals surface area contributed by atoms with Gasteiger partial charge in [-0.15, -0.1) is 0 Å². The molecule has 1 aromatic rings. The topological polar surface area (TPSA) is 38.7 Å². The van der Waals surface area contributed by atoms with Gasteiger partial charge in [0.25, 0.3) is 0 Å². The second kappa shape index (κ2) is 6.02. The SMILES string of the molecule is CO[Si](CCCO)(OC)c1ccccc1. The number of benzene rings is 1. The van der Waals surface area contributed by atoms with Crippen LogP contribution in [0.4, 0.5) is 0 Å². The average Bonchev–Trinajstić information content (AvgIpc) is 2.33. The number of hydrogen-bond donors (Lipinski definition) is 1. The normalized spacial score (nSPS) is 11.7. The van der Waals surface area contributed by atoms with E-state index in [2.05, 4.69) is 0 Å². The predicted octanol–water partition coefficient (Wildman–Crippen LogP) is 1.01. The highest BCUT2D eigenvalue weighted by Crippen LogP contribution is 2.14. The van der Waals surface area contributed by atoms with Gasteiger partial charge in [0.2, 0.25) is 0 Å². The van der Waals surface area contributed by atoms with E-state index >= 15 is 0 Å². The standard InChI is InChI=1S/C11H18O3Si/c1-13-15(14-2,10-6-9-12)11-7-4-3-5-8-11/h3-5,7-8,12H,6,9-10H2,1-2H3. The van der Waals surface area contributed by atoms with Crippen molar-refractivity contribution in [1.29, 1.82) is 0 Å². The molecule has 0 saturated heterocycles. The van der Waals surface area contributed by atoms with E-state index < -0.39 is 8.56 Å². The lowest BCUT2D eigenvalue weighted by molar-refractivity contribution is 0.244. The summed E-state index contributed by atoms with van der Waals surface area (Å²) in [5, 5.41) is 9.99. The molecule has 1 aromatic carbocycles. The van der Waals surface area contributed by atoms with Gasteiger partial charge in [-0.2, -0.15) is 0 Å². The Morgan fingerprint density at radius 2 is 1.73 bits per heavy atom. The Balaban J connectivity index is 2.89. The van der Waals surface area contributed by atoms with E-state index in [4.69, 9.17) is 14.0 Å². The summed E-state index contributed by atoms with van der Waals surface area (Å²) in [4.78, 5) is 0. The fourth-order valence-electron chi connectivity index (χ4n) is 1.67. The number of aliphatic hydroxyl groups is 1. The average molecular weight is 226 g/mol. The van der Waals surface area contributed by atoms with E-state index in [9.17, 15) is 0 Å². The van der Waals surface area contributed by atoms with Gasteiger partial charge in [-0.3, -0.25) is 0 Å². The molecule has 0 heterocycles. The zero-order valence-electron chi connectivity index (χ0n) is 9.27. The zero-order chi connectivity index (χ0) is 11.1. The highest BCUT2D eigenvalue weighted by atomic mass is 28.4. The van der Waals surface area contributed by atoms with Gasteiger partial charge in [-0.05, 0) is 17.7 Å². The Morgan fingerprint density at radius 3 is 2.20 bits per heavy atom. The van der Waals surface area contributed by atoms with E-state index in [1.807, 2.05) is 30.3 Å². The van der Waals surface area contributed by atoms with Crippen LogP contribution < -0.4 is 5.19 Å². The maximum absolute atomic E-state index is 8.88. The third kappa shape index (κ3) is 2.88. The van der Waals surface area contributed by atoms with Crippen LogP contribution in [-0.2, 0) is 8.85 Å². The molecule has 15 heavy (non-hydrogen) atoms. The highest BCUT2D eigenvalue weighted by molar-refractivity contribution is 6.81. The van der Waals surface area contributed by atoms with Crippen molar-refractivity contribution in [3.8, 4) is 0 Å². The smallest absolute Gasteiger partial charge is 0.372 e. The Kier molecular flexibility index (Phi) is 4.97. The fourth-order valence-corrected chi connectivity index (χ4v) is 4.33. The summed E-state index contributed by atoms with van der Waals surface area (Å²) in [6, 6.07) is 10.8. The van der Waals surface area contributed by atoms with Crippen molar-refractivity contribution < 1.29 is 14.0 Å². The summed E-state index contributed by atoms with van der Waals surface area (Å²) in [5.41, 5.74) is 0. The molecule has 1 rings (SSSR count). The first-order chi connectivity index (χ1) is 7.29. The summed E-state index contributed by atoms with van der Waals surface area (Å²) in [5.74, 6) is 0. The van der Waals surface area contributed by atoms with E-state index in [1.54, 1.807) is 14.2 Å². The monoisotopic (exact) mass is 226 g/mol. The van der Waals surface area contributed by atoms with Crippen LogP contribution in [0, 0.1) is 0 Å². The number of hydrogen-bond acceptors (Lipinski definition) is 3. The second-order valence-electron chi connectivity index (χ2n) is 3.35. The third-order valence-corrected chi connectivity index (χ3v) is 6.08. The van der Waals surface area contributed by atoms with Crippen molar-refractivity contribution in [3.05, 3.63) is 30.3 Å². The van der Waals surface area contributed by atoms with Crippen molar-refractivity contribution in [2.24, 2.45) is 0 Å². The highest BCUT2D eigenvalue weighted by Gasteiger charge is 2.37. The largest absolute Gasteiger partial charge is 0.396 e. The molecule has 0 unspecified atom stereocenters. The lowest BCUT2D eigenvalue weighted by Gasteiger charge is -2.27. The van der Waals surface area contributed by atoms with Crippen LogP contribution in [0.5, 0.6) is 0 Å². The predicted molar refractivity (Wildman–Crippen MR) is 62.4 cm³/mol. The van der Waals surface area contributed by atoms with Crippen LogP contribution in [0.1, 0.15) is 6.42 Å². The fraction of sp³-hybridized carbons (Fsp3) is 0.455. The third-order valence-electron chi connectivity index (χ3n) is 2.54. The minimum Gasteiger partial charge on any atom is -0.396 e. The van der Waals surface area contributed by atoms with Crippen LogP contribution in [-0.4, -0.2) is 34.5 Å². The summed E-state index contributed by atoms with van der Waals surface area (Å²) >= 11 is 0. The lowest BCUT2D eigenvalue weighted by Crippen LogP contribution is -2.52. The quantitative estimate of drug-likeness (QED) is 0.736. The van der Waals surface area contributed by atoms with Gasteiger partial charge in [-0.1, -0.05) is 30.3 Å². The Morgan fingerprint density at radius 1 is 1.13 bits per heavy atom. The molecule has 0 aliphatic heterocycles. The zero-order valence-corrected chi connectivity index (χ0v) is 10.3. The molecule has 84 valence electrons.